The fraction of sp³-hybridized carbons (Fsp3) is 0.733. The molecular weight excluding hydrogens is 256 g/mol. The van der Waals surface area contributed by atoms with Gasteiger partial charge in [-0.25, -0.2) is 0 Å². The number of rotatable bonds is 5. The van der Waals surface area contributed by atoms with Crippen LogP contribution < -0.4 is 5.73 Å². The first-order valence-corrected chi connectivity index (χ1v) is 8.06. The van der Waals surface area contributed by atoms with Crippen molar-refractivity contribution < 1.29 is 4.74 Å². The van der Waals surface area contributed by atoms with Gasteiger partial charge in [0.1, 0.15) is 0 Å². The molecule has 0 amide bonds. The van der Waals surface area contributed by atoms with Crippen LogP contribution in [0.1, 0.15) is 42.0 Å². The van der Waals surface area contributed by atoms with Crippen LogP contribution in [0.2, 0.25) is 0 Å². The minimum Gasteiger partial charge on any atom is -0.381 e. The summed E-state index contributed by atoms with van der Waals surface area (Å²) in [6.07, 6.45) is 3.25. The first kappa shape index (κ1) is 15.0. The summed E-state index contributed by atoms with van der Waals surface area (Å²) in [7, 11) is 2.23. The molecule has 0 aromatic carbocycles. The van der Waals surface area contributed by atoms with E-state index in [1.165, 1.54) is 9.75 Å². The third-order valence-electron chi connectivity index (χ3n) is 4.14. The Kier molecular flexibility index (Phi) is 5.39. The van der Waals surface area contributed by atoms with Gasteiger partial charge in [-0.3, -0.25) is 4.90 Å². The first-order chi connectivity index (χ1) is 9.13. The second-order valence-electron chi connectivity index (χ2n) is 5.47. The van der Waals surface area contributed by atoms with Gasteiger partial charge < -0.3 is 10.5 Å². The molecule has 2 unspecified atom stereocenters. The van der Waals surface area contributed by atoms with E-state index < -0.39 is 0 Å². The lowest BCUT2D eigenvalue weighted by molar-refractivity contribution is 0.0240. The predicted octanol–water partition coefficient (Wildman–Crippen LogP) is 2.95. The zero-order valence-corrected chi connectivity index (χ0v) is 13.1. The van der Waals surface area contributed by atoms with Gasteiger partial charge in [-0.15, -0.1) is 11.3 Å². The van der Waals surface area contributed by atoms with Crippen molar-refractivity contribution in [3.8, 4) is 0 Å². The molecular formula is C15H26N2OS. The molecule has 0 saturated carbocycles. The first-order valence-electron chi connectivity index (χ1n) is 7.25. The number of hydrogen-bond acceptors (Lipinski definition) is 4. The largest absolute Gasteiger partial charge is 0.381 e. The zero-order valence-electron chi connectivity index (χ0n) is 12.3. The van der Waals surface area contributed by atoms with Crippen LogP contribution in [0.25, 0.3) is 0 Å². The highest BCUT2D eigenvalue weighted by atomic mass is 32.1. The van der Waals surface area contributed by atoms with E-state index in [9.17, 15) is 0 Å². The second kappa shape index (κ2) is 6.84. The lowest BCUT2D eigenvalue weighted by Gasteiger charge is -2.39. The topological polar surface area (TPSA) is 38.5 Å². The van der Waals surface area contributed by atoms with Crippen molar-refractivity contribution in [2.45, 2.75) is 51.2 Å². The Morgan fingerprint density at radius 1 is 1.42 bits per heavy atom. The van der Waals surface area contributed by atoms with Crippen molar-refractivity contribution in [3.63, 3.8) is 0 Å². The summed E-state index contributed by atoms with van der Waals surface area (Å²) in [5.41, 5.74) is 6.40. The average Bonchev–Trinajstić information content (AvgIpc) is 2.86. The molecule has 1 fully saturated rings. The molecule has 2 atom stereocenters. The summed E-state index contributed by atoms with van der Waals surface area (Å²) in [6, 6.07) is 5.58. The second-order valence-corrected chi connectivity index (χ2v) is 6.79. The molecule has 1 saturated heterocycles. The standard InChI is InChI=1S/C15H26N2OS/c1-4-13(16)15(14-6-5-11(2)19-14)17(3)12-7-9-18-10-8-12/h5-6,12-13,15H,4,7-10,16H2,1-3H3. The fourth-order valence-electron chi connectivity index (χ4n) is 2.87. The number of nitrogens with two attached hydrogens (primary N) is 1. The zero-order chi connectivity index (χ0) is 13.8. The maximum absolute atomic E-state index is 6.40. The Morgan fingerprint density at radius 3 is 2.63 bits per heavy atom. The number of hydrogen-bond donors (Lipinski definition) is 1. The summed E-state index contributed by atoms with van der Waals surface area (Å²) >= 11 is 1.88. The fourth-order valence-corrected chi connectivity index (χ4v) is 3.97. The predicted molar refractivity (Wildman–Crippen MR) is 81.7 cm³/mol. The van der Waals surface area contributed by atoms with Crippen LogP contribution in [-0.2, 0) is 4.74 Å². The summed E-state index contributed by atoms with van der Waals surface area (Å²) < 4.78 is 5.47. The van der Waals surface area contributed by atoms with E-state index in [-0.39, 0.29) is 6.04 Å². The SMILES string of the molecule is CCC(N)C(c1ccc(C)s1)N(C)C1CCOCC1. The Balaban J connectivity index is 2.16. The third-order valence-corrected chi connectivity index (χ3v) is 5.21. The number of nitrogens with zero attached hydrogens (tertiary/aromatic N) is 1. The maximum atomic E-state index is 6.40. The van der Waals surface area contributed by atoms with Gasteiger partial charge in [0, 0.05) is 35.1 Å². The van der Waals surface area contributed by atoms with Crippen LogP contribution >= 0.6 is 11.3 Å². The minimum atomic E-state index is 0.200. The van der Waals surface area contributed by atoms with E-state index in [0.717, 1.165) is 32.5 Å². The Labute approximate surface area is 120 Å². The summed E-state index contributed by atoms with van der Waals surface area (Å²) in [4.78, 5) is 5.26. The molecule has 3 nitrogen and oxygen atoms in total. The van der Waals surface area contributed by atoms with Crippen LogP contribution in [0.5, 0.6) is 0 Å². The summed E-state index contributed by atoms with van der Waals surface area (Å²) in [6.45, 7) is 6.10. The highest BCUT2D eigenvalue weighted by Gasteiger charge is 2.30. The molecule has 4 heteroatoms. The summed E-state index contributed by atoms with van der Waals surface area (Å²) in [5.74, 6) is 0. The molecule has 1 aromatic heterocycles. The number of likely N-dealkylation sites (N-methyl/N-ethyl adjacent to an activating group) is 1. The van der Waals surface area contributed by atoms with Crippen molar-refractivity contribution >= 4 is 11.3 Å². The Morgan fingerprint density at radius 2 is 2.11 bits per heavy atom. The minimum absolute atomic E-state index is 0.200. The molecule has 2 rings (SSSR count). The molecule has 0 aliphatic carbocycles. The lowest BCUT2D eigenvalue weighted by Crippen LogP contribution is -2.45. The van der Waals surface area contributed by atoms with E-state index in [4.69, 9.17) is 10.5 Å². The lowest BCUT2D eigenvalue weighted by atomic mass is 9.98. The van der Waals surface area contributed by atoms with Gasteiger partial charge in [0.05, 0.1) is 6.04 Å². The van der Waals surface area contributed by atoms with Crippen LogP contribution in [0.3, 0.4) is 0 Å². The van der Waals surface area contributed by atoms with Crippen molar-refractivity contribution in [1.29, 1.82) is 0 Å². The molecule has 2 heterocycles. The van der Waals surface area contributed by atoms with Gasteiger partial charge in [-0.2, -0.15) is 0 Å². The van der Waals surface area contributed by atoms with Crippen molar-refractivity contribution in [1.82, 2.24) is 4.90 Å². The molecule has 1 aromatic rings. The van der Waals surface area contributed by atoms with E-state index in [0.29, 0.717) is 12.1 Å². The van der Waals surface area contributed by atoms with Crippen molar-refractivity contribution in [2.24, 2.45) is 5.73 Å². The van der Waals surface area contributed by atoms with E-state index in [2.05, 4.69) is 37.9 Å². The van der Waals surface area contributed by atoms with Crippen LogP contribution in [0, 0.1) is 6.92 Å². The normalized spacial score (nSPS) is 20.7. The maximum Gasteiger partial charge on any atom is 0.0593 e. The molecule has 2 N–H and O–H groups in total. The van der Waals surface area contributed by atoms with Crippen LogP contribution in [-0.4, -0.2) is 37.2 Å². The van der Waals surface area contributed by atoms with E-state index >= 15 is 0 Å². The van der Waals surface area contributed by atoms with Gasteiger partial charge in [-0.05, 0) is 45.4 Å². The molecule has 1 aliphatic rings. The third kappa shape index (κ3) is 3.57. The highest BCUT2D eigenvalue weighted by molar-refractivity contribution is 7.12. The van der Waals surface area contributed by atoms with Crippen molar-refractivity contribution in [2.75, 3.05) is 20.3 Å². The number of ether oxygens (including phenoxy) is 1. The number of thiophene rings is 1. The number of aryl methyl sites for hydroxylation is 1. The molecule has 0 spiro atoms. The van der Waals surface area contributed by atoms with Gasteiger partial charge >= 0.3 is 0 Å². The van der Waals surface area contributed by atoms with Crippen LogP contribution in [0.4, 0.5) is 0 Å². The van der Waals surface area contributed by atoms with E-state index in [1.807, 2.05) is 11.3 Å². The van der Waals surface area contributed by atoms with Crippen molar-refractivity contribution in [3.05, 3.63) is 21.9 Å². The quantitative estimate of drug-likeness (QED) is 0.902. The van der Waals surface area contributed by atoms with E-state index in [1.54, 1.807) is 0 Å². The molecule has 0 bridgehead atoms. The molecule has 1 aliphatic heterocycles. The highest BCUT2D eigenvalue weighted by Crippen LogP contribution is 2.32. The van der Waals surface area contributed by atoms with Crippen LogP contribution in [0.15, 0.2) is 12.1 Å². The Hall–Kier alpha value is -0.420. The average molecular weight is 282 g/mol. The molecule has 0 radical (unpaired) electrons. The monoisotopic (exact) mass is 282 g/mol. The van der Waals surface area contributed by atoms with Gasteiger partial charge in [0.25, 0.3) is 0 Å². The van der Waals surface area contributed by atoms with Gasteiger partial charge in [0.15, 0.2) is 0 Å². The smallest absolute Gasteiger partial charge is 0.0593 e. The molecule has 19 heavy (non-hydrogen) atoms. The Bertz CT molecular complexity index is 387. The summed E-state index contributed by atoms with van der Waals surface area (Å²) in [5, 5.41) is 0. The molecule has 108 valence electrons. The van der Waals surface area contributed by atoms with Gasteiger partial charge in [-0.1, -0.05) is 6.92 Å². The van der Waals surface area contributed by atoms with Gasteiger partial charge in [0.2, 0.25) is 0 Å².